The highest BCUT2D eigenvalue weighted by atomic mass is 32.1. The molecule has 128 valence electrons. The van der Waals surface area contributed by atoms with Gasteiger partial charge in [0.1, 0.15) is 6.10 Å². The first-order chi connectivity index (χ1) is 12.2. The molecule has 0 spiro atoms. The molecular formula is C19H18N2O3S. The van der Waals surface area contributed by atoms with Gasteiger partial charge in [0.15, 0.2) is 11.5 Å². The van der Waals surface area contributed by atoms with E-state index in [0.29, 0.717) is 24.5 Å². The number of thiophene rings is 1. The minimum absolute atomic E-state index is 0.0356. The second-order valence-corrected chi connectivity index (χ2v) is 7.06. The number of hydrogen-bond donors (Lipinski definition) is 0. The Balaban J connectivity index is 1.53. The molecule has 1 fully saturated rings. The van der Waals surface area contributed by atoms with E-state index < -0.39 is 0 Å². The van der Waals surface area contributed by atoms with Crippen LogP contribution in [0.15, 0.2) is 58.4 Å². The Morgan fingerprint density at radius 2 is 2.04 bits per heavy atom. The normalized spacial score (nSPS) is 20.6. The van der Waals surface area contributed by atoms with Gasteiger partial charge in [-0.05, 0) is 23.9 Å². The Morgan fingerprint density at radius 1 is 1.20 bits per heavy atom. The van der Waals surface area contributed by atoms with Crippen molar-refractivity contribution >= 4 is 17.2 Å². The van der Waals surface area contributed by atoms with E-state index in [1.165, 1.54) is 0 Å². The summed E-state index contributed by atoms with van der Waals surface area (Å²) in [6, 6.07) is 15.6. The Bertz CT molecular complexity index is 845. The van der Waals surface area contributed by atoms with Gasteiger partial charge in [-0.3, -0.25) is 4.79 Å². The van der Waals surface area contributed by atoms with Crippen molar-refractivity contribution < 1.29 is 14.1 Å². The Morgan fingerprint density at radius 3 is 2.80 bits per heavy atom. The molecule has 4 rings (SSSR count). The first-order valence-electron chi connectivity index (χ1n) is 8.21. The predicted molar refractivity (Wildman–Crippen MR) is 95.4 cm³/mol. The van der Waals surface area contributed by atoms with Gasteiger partial charge in [-0.1, -0.05) is 41.6 Å². The number of benzene rings is 1. The SMILES string of the molecule is CC1CN(C(=O)c2cc(-c3cccs3)on2)CC(c2ccccc2)O1. The molecule has 0 bridgehead atoms. The highest BCUT2D eigenvalue weighted by molar-refractivity contribution is 7.13. The van der Waals surface area contributed by atoms with Gasteiger partial charge in [0.25, 0.3) is 5.91 Å². The van der Waals surface area contributed by atoms with Crippen molar-refractivity contribution in [2.45, 2.75) is 19.1 Å². The summed E-state index contributed by atoms with van der Waals surface area (Å²) in [6.07, 6.45) is -0.163. The monoisotopic (exact) mass is 354 g/mol. The van der Waals surface area contributed by atoms with Crippen molar-refractivity contribution in [2.24, 2.45) is 0 Å². The molecule has 0 aliphatic carbocycles. The third-order valence-corrected chi connectivity index (χ3v) is 5.10. The number of aromatic nitrogens is 1. The van der Waals surface area contributed by atoms with Crippen LogP contribution >= 0.6 is 11.3 Å². The van der Waals surface area contributed by atoms with Gasteiger partial charge in [0.05, 0.1) is 17.5 Å². The number of nitrogens with zero attached hydrogens (tertiary/aromatic N) is 2. The number of morpholine rings is 1. The van der Waals surface area contributed by atoms with Crippen LogP contribution in [0.4, 0.5) is 0 Å². The summed E-state index contributed by atoms with van der Waals surface area (Å²) in [7, 11) is 0. The summed E-state index contributed by atoms with van der Waals surface area (Å²) >= 11 is 1.56. The van der Waals surface area contributed by atoms with Crippen molar-refractivity contribution in [1.82, 2.24) is 10.1 Å². The molecule has 1 saturated heterocycles. The topological polar surface area (TPSA) is 55.6 Å². The van der Waals surface area contributed by atoms with Crippen LogP contribution in [0.25, 0.3) is 10.6 Å². The van der Waals surface area contributed by atoms with Crippen LogP contribution in [-0.4, -0.2) is 35.2 Å². The number of ether oxygens (including phenoxy) is 1. The van der Waals surface area contributed by atoms with E-state index in [4.69, 9.17) is 9.26 Å². The zero-order valence-electron chi connectivity index (χ0n) is 13.8. The van der Waals surface area contributed by atoms with Crippen molar-refractivity contribution in [2.75, 3.05) is 13.1 Å². The molecule has 2 aromatic heterocycles. The molecule has 3 heterocycles. The van der Waals surface area contributed by atoms with Gasteiger partial charge in [0.2, 0.25) is 0 Å². The van der Waals surface area contributed by atoms with Crippen LogP contribution in [0, 0.1) is 0 Å². The average Bonchev–Trinajstić information content (AvgIpc) is 3.32. The largest absolute Gasteiger partial charge is 0.367 e. The standard InChI is InChI=1S/C19H18N2O3S/c1-13-11-21(12-17(23-13)14-6-3-2-4-7-14)19(22)15-10-16(24-20-15)18-8-5-9-25-18/h2-10,13,17H,11-12H2,1H3. The molecule has 6 heteroatoms. The molecule has 1 amide bonds. The molecular weight excluding hydrogens is 336 g/mol. The summed E-state index contributed by atoms with van der Waals surface area (Å²) in [5.74, 6) is 0.502. The summed E-state index contributed by atoms with van der Waals surface area (Å²) in [6.45, 7) is 3.03. The molecule has 0 saturated carbocycles. The quantitative estimate of drug-likeness (QED) is 0.713. The summed E-state index contributed by atoms with van der Waals surface area (Å²) in [4.78, 5) is 15.6. The average molecular weight is 354 g/mol. The summed E-state index contributed by atoms with van der Waals surface area (Å²) in [5.41, 5.74) is 1.41. The maximum atomic E-state index is 12.9. The van der Waals surface area contributed by atoms with Gasteiger partial charge in [-0.2, -0.15) is 0 Å². The van der Waals surface area contributed by atoms with E-state index in [1.807, 2.05) is 54.8 Å². The van der Waals surface area contributed by atoms with Crippen LogP contribution in [-0.2, 0) is 4.74 Å². The van der Waals surface area contributed by atoms with E-state index in [1.54, 1.807) is 22.3 Å². The number of carbonyl (C=O) groups excluding carboxylic acids is 1. The molecule has 1 aliphatic rings. The molecule has 0 radical (unpaired) electrons. The van der Waals surface area contributed by atoms with E-state index >= 15 is 0 Å². The first kappa shape index (κ1) is 16.1. The fourth-order valence-electron chi connectivity index (χ4n) is 3.04. The van der Waals surface area contributed by atoms with Crippen LogP contribution in [0.1, 0.15) is 29.1 Å². The van der Waals surface area contributed by atoms with Gasteiger partial charge < -0.3 is 14.2 Å². The van der Waals surface area contributed by atoms with E-state index in [9.17, 15) is 4.79 Å². The Labute approximate surface area is 149 Å². The van der Waals surface area contributed by atoms with Gasteiger partial charge >= 0.3 is 0 Å². The minimum atomic E-state index is -0.127. The van der Waals surface area contributed by atoms with E-state index in [2.05, 4.69) is 5.16 Å². The fourth-order valence-corrected chi connectivity index (χ4v) is 3.72. The minimum Gasteiger partial charge on any atom is -0.367 e. The molecule has 1 aromatic carbocycles. The van der Waals surface area contributed by atoms with Crippen LogP contribution < -0.4 is 0 Å². The Hall–Kier alpha value is -2.44. The summed E-state index contributed by atoms with van der Waals surface area (Å²) < 4.78 is 11.4. The predicted octanol–water partition coefficient (Wildman–Crippen LogP) is 4.01. The number of hydrogen-bond acceptors (Lipinski definition) is 5. The highest BCUT2D eigenvalue weighted by Gasteiger charge is 2.31. The molecule has 5 nitrogen and oxygen atoms in total. The highest BCUT2D eigenvalue weighted by Crippen LogP contribution is 2.28. The third kappa shape index (κ3) is 3.36. The van der Waals surface area contributed by atoms with Crippen molar-refractivity contribution in [1.29, 1.82) is 0 Å². The second kappa shape index (κ2) is 6.82. The lowest BCUT2D eigenvalue weighted by molar-refractivity contribution is -0.0693. The number of amides is 1. The number of carbonyl (C=O) groups is 1. The Kier molecular flexibility index (Phi) is 4.38. The van der Waals surface area contributed by atoms with Crippen molar-refractivity contribution in [3.63, 3.8) is 0 Å². The molecule has 1 aliphatic heterocycles. The third-order valence-electron chi connectivity index (χ3n) is 4.21. The molecule has 25 heavy (non-hydrogen) atoms. The zero-order chi connectivity index (χ0) is 17.2. The van der Waals surface area contributed by atoms with Gasteiger partial charge in [-0.15, -0.1) is 11.3 Å². The van der Waals surface area contributed by atoms with Crippen molar-refractivity contribution in [3.05, 3.63) is 65.2 Å². The lowest BCUT2D eigenvalue weighted by Crippen LogP contribution is -2.46. The molecule has 3 aromatic rings. The molecule has 2 atom stereocenters. The van der Waals surface area contributed by atoms with Gasteiger partial charge in [-0.25, -0.2) is 0 Å². The van der Waals surface area contributed by atoms with E-state index in [-0.39, 0.29) is 18.1 Å². The second-order valence-electron chi connectivity index (χ2n) is 6.11. The lowest BCUT2D eigenvalue weighted by Gasteiger charge is -2.36. The zero-order valence-corrected chi connectivity index (χ0v) is 14.6. The maximum Gasteiger partial charge on any atom is 0.276 e. The number of rotatable bonds is 3. The van der Waals surface area contributed by atoms with Crippen LogP contribution in [0.5, 0.6) is 0 Å². The van der Waals surface area contributed by atoms with Crippen LogP contribution in [0.3, 0.4) is 0 Å². The lowest BCUT2D eigenvalue weighted by atomic mass is 10.1. The van der Waals surface area contributed by atoms with Crippen LogP contribution in [0.2, 0.25) is 0 Å². The first-order valence-corrected chi connectivity index (χ1v) is 9.09. The van der Waals surface area contributed by atoms with Gasteiger partial charge in [0, 0.05) is 12.6 Å². The van der Waals surface area contributed by atoms with Crippen molar-refractivity contribution in [3.8, 4) is 10.6 Å². The molecule has 0 N–H and O–H groups in total. The summed E-state index contributed by atoms with van der Waals surface area (Å²) in [5, 5.41) is 5.94. The molecule has 2 unspecified atom stereocenters. The van der Waals surface area contributed by atoms with E-state index in [0.717, 1.165) is 10.4 Å². The maximum absolute atomic E-state index is 12.9. The smallest absolute Gasteiger partial charge is 0.276 e. The fraction of sp³-hybridized carbons (Fsp3) is 0.263.